The van der Waals surface area contributed by atoms with Crippen LogP contribution in [0.25, 0.3) is 0 Å². The molecule has 1 atom stereocenters. The molecule has 0 spiro atoms. The van der Waals surface area contributed by atoms with Gasteiger partial charge in [-0.3, -0.25) is 14.4 Å². The van der Waals surface area contributed by atoms with Crippen molar-refractivity contribution in [1.82, 2.24) is 0 Å². The molecule has 0 aliphatic heterocycles. The van der Waals surface area contributed by atoms with Crippen molar-refractivity contribution in [1.29, 1.82) is 0 Å². The van der Waals surface area contributed by atoms with Crippen LogP contribution in [0.3, 0.4) is 0 Å². The average Bonchev–Trinajstić information content (AvgIpc) is 2.15. The summed E-state index contributed by atoms with van der Waals surface area (Å²) in [5.41, 5.74) is 0. The van der Waals surface area contributed by atoms with Gasteiger partial charge in [0.2, 0.25) is 0 Å². The average molecular weight is 242 g/mol. The maximum Gasteiger partial charge on any atom is 0.151 e. The molecule has 1 aliphatic rings. The summed E-state index contributed by atoms with van der Waals surface area (Å²) in [6.07, 6.45) is 1.73. The predicted molar refractivity (Wildman–Crippen MR) is 64.6 cm³/mol. The molecule has 90 valence electrons. The van der Waals surface area contributed by atoms with Crippen LogP contribution in [-0.2, 0) is 14.4 Å². The summed E-state index contributed by atoms with van der Waals surface area (Å²) in [7, 11) is 0. The molecule has 16 heavy (non-hydrogen) atoms. The Hall–Kier alpha value is -0.640. The molecule has 1 rings (SSSR count). The number of ketones is 3. The summed E-state index contributed by atoms with van der Waals surface area (Å²) in [4.78, 5) is 34.9. The fraction of sp³-hybridized carbons (Fsp3) is 0.750. The van der Waals surface area contributed by atoms with Crippen LogP contribution >= 0.6 is 12.6 Å². The number of thiol groups is 1. The van der Waals surface area contributed by atoms with E-state index in [0.29, 0.717) is 12.8 Å². The Morgan fingerprint density at radius 1 is 1.38 bits per heavy atom. The number of hydrogen-bond donors (Lipinski definition) is 1. The first-order valence-electron chi connectivity index (χ1n) is 5.71. The SMILES string of the molecule is CCC(=O)C1C(=O)CC(CC(C)S)CC1=O. The molecule has 0 aromatic heterocycles. The van der Waals surface area contributed by atoms with Crippen molar-refractivity contribution in [2.75, 3.05) is 0 Å². The van der Waals surface area contributed by atoms with E-state index < -0.39 is 5.92 Å². The Labute approximate surface area is 101 Å². The quantitative estimate of drug-likeness (QED) is 0.604. The third kappa shape index (κ3) is 3.17. The first-order valence-corrected chi connectivity index (χ1v) is 6.23. The summed E-state index contributed by atoms with van der Waals surface area (Å²) in [5.74, 6) is -1.50. The third-order valence-corrected chi connectivity index (χ3v) is 3.18. The van der Waals surface area contributed by atoms with E-state index in [1.54, 1.807) is 6.92 Å². The largest absolute Gasteiger partial charge is 0.298 e. The maximum absolute atomic E-state index is 11.7. The van der Waals surface area contributed by atoms with Gasteiger partial charge in [0.25, 0.3) is 0 Å². The normalized spacial score (nSPS) is 27.9. The lowest BCUT2D eigenvalue weighted by Gasteiger charge is -2.26. The van der Waals surface area contributed by atoms with Crippen LogP contribution in [0.2, 0.25) is 0 Å². The van der Waals surface area contributed by atoms with E-state index in [1.807, 2.05) is 6.92 Å². The zero-order valence-electron chi connectivity index (χ0n) is 9.73. The van der Waals surface area contributed by atoms with Gasteiger partial charge < -0.3 is 0 Å². The summed E-state index contributed by atoms with van der Waals surface area (Å²) in [6.45, 7) is 3.63. The van der Waals surface area contributed by atoms with E-state index in [-0.39, 0.29) is 34.9 Å². The van der Waals surface area contributed by atoms with E-state index in [9.17, 15) is 14.4 Å². The van der Waals surface area contributed by atoms with Crippen LogP contribution in [0.15, 0.2) is 0 Å². The first-order chi connectivity index (χ1) is 7.45. The van der Waals surface area contributed by atoms with Crippen LogP contribution in [0, 0.1) is 11.8 Å². The second-order valence-electron chi connectivity index (χ2n) is 4.54. The lowest BCUT2D eigenvalue weighted by molar-refractivity contribution is -0.143. The number of hydrogen-bond acceptors (Lipinski definition) is 4. The molecule has 1 saturated carbocycles. The predicted octanol–water partition coefficient (Wildman–Crippen LogP) is 1.84. The first kappa shape index (κ1) is 13.4. The lowest BCUT2D eigenvalue weighted by atomic mass is 9.76. The highest BCUT2D eigenvalue weighted by molar-refractivity contribution is 7.80. The second-order valence-corrected chi connectivity index (χ2v) is 5.43. The molecule has 3 nitrogen and oxygen atoms in total. The van der Waals surface area contributed by atoms with Crippen LogP contribution in [-0.4, -0.2) is 22.6 Å². The van der Waals surface area contributed by atoms with Gasteiger partial charge in [-0.25, -0.2) is 0 Å². The second kappa shape index (κ2) is 5.62. The van der Waals surface area contributed by atoms with Crippen molar-refractivity contribution in [3.05, 3.63) is 0 Å². The molecule has 0 heterocycles. The Balaban J connectivity index is 2.68. The minimum atomic E-state index is -0.962. The molecule has 1 unspecified atom stereocenters. The Bertz CT molecular complexity index is 291. The minimum absolute atomic E-state index is 0.0772. The molecule has 4 heteroatoms. The molecule has 0 saturated heterocycles. The van der Waals surface area contributed by atoms with Crippen LogP contribution in [0.4, 0.5) is 0 Å². The summed E-state index contributed by atoms with van der Waals surface area (Å²) in [5, 5.41) is 0.184. The van der Waals surface area contributed by atoms with Crippen molar-refractivity contribution in [3.8, 4) is 0 Å². The Morgan fingerprint density at radius 3 is 2.25 bits per heavy atom. The molecule has 0 bridgehead atoms. The van der Waals surface area contributed by atoms with E-state index in [4.69, 9.17) is 0 Å². The van der Waals surface area contributed by atoms with Crippen molar-refractivity contribution in [2.45, 2.75) is 44.8 Å². The maximum atomic E-state index is 11.7. The highest BCUT2D eigenvalue weighted by Gasteiger charge is 2.38. The van der Waals surface area contributed by atoms with Gasteiger partial charge in [0.15, 0.2) is 17.3 Å². The zero-order chi connectivity index (χ0) is 12.3. The highest BCUT2D eigenvalue weighted by Crippen LogP contribution is 2.28. The summed E-state index contributed by atoms with van der Waals surface area (Å²) in [6, 6.07) is 0. The van der Waals surface area contributed by atoms with Gasteiger partial charge in [0.05, 0.1) is 0 Å². The molecule has 0 radical (unpaired) electrons. The molecule has 0 aromatic rings. The standard InChI is InChI=1S/C12H18O3S/c1-3-9(13)12-10(14)5-8(4-7(2)16)6-11(12)15/h7-8,12,16H,3-6H2,1-2H3. The summed E-state index contributed by atoms with van der Waals surface area (Å²) >= 11 is 4.26. The Morgan fingerprint density at radius 2 is 1.88 bits per heavy atom. The van der Waals surface area contributed by atoms with Crippen LogP contribution < -0.4 is 0 Å². The monoisotopic (exact) mass is 242 g/mol. The van der Waals surface area contributed by atoms with E-state index in [1.165, 1.54) is 0 Å². The van der Waals surface area contributed by atoms with Gasteiger partial charge >= 0.3 is 0 Å². The fourth-order valence-electron chi connectivity index (χ4n) is 2.27. The van der Waals surface area contributed by atoms with E-state index in [0.717, 1.165) is 6.42 Å². The number of rotatable bonds is 4. The topological polar surface area (TPSA) is 51.2 Å². The van der Waals surface area contributed by atoms with Crippen LogP contribution in [0.5, 0.6) is 0 Å². The molecular formula is C12H18O3S. The van der Waals surface area contributed by atoms with Crippen molar-refractivity contribution in [2.24, 2.45) is 11.8 Å². The molecule has 1 fully saturated rings. The Kier molecular flexibility index (Phi) is 4.71. The van der Waals surface area contributed by atoms with Gasteiger partial charge in [0, 0.05) is 19.3 Å². The van der Waals surface area contributed by atoms with E-state index >= 15 is 0 Å². The zero-order valence-corrected chi connectivity index (χ0v) is 10.6. The van der Waals surface area contributed by atoms with Gasteiger partial charge in [-0.05, 0) is 17.6 Å². The number of carbonyl (C=O) groups excluding carboxylic acids is 3. The van der Waals surface area contributed by atoms with Crippen molar-refractivity contribution < 1.29 is 14.4 Å². The van der Waals surface area contributed by atoms with Crippen molar-refractivity contribution >= 4 is 30.0 Å². The van der Waals surface area contributed by atoms with Gasteiger partial charge in [-0.15, -0.1) is 0 Å². The third-order valence-electron chi connectivity index (χ3n) is 2.97. The number of Topliss-reactive ketones (excluding diaryl/α,β-unsaturated/α-hetero) is 3. The summed E-state index contributed by atoms with van der Waals surface area (Å²) < 4.78 is 0. The van der Waals surface area contributed by atoms with Crippen molar-refractivity contribution in [3.63, 3.8) is 0 Å². The molecule has 0 amide bonds. The smallest absolute Gasteiger partial charge is 0.151 e. The molecule has 0 N–H and O–H groups in total. The van der Waals surface area contributed by atoms with Crippen LogP contribution in [0.1, 0.15) is 39.5 Å². The molecular weight excluding hydrogens is 224 g/mol. The van der Waals surface area contributed by atoms with E-state index in [2.05, 4.69) is 12.6 Å². The molecule has 0 aromatic carbocycles. The lowest BCUT2D eigenvalue weighted by Crippen LogP contribution is -2.38. The number of carbonyl (C=O) groups is 3. The van der Waals surface area contributed by atoms with Gasteiger partial charge in [-0.2, -0.15) is 12.6 Å². The van der Waals surface area contributed by atoms with Gasteiger partial charge in [-0.1, -0.05) is 13.8 Å². The van der Waals surface area contributed by atoms with Gasteiger partial charge in [0.1, 0.15) is 5.92 Å². The highest BCUT2D eigenvalue weighted by atomic mass is 32.1. The molecule has 1 aliphatic carbocycles. The fourth-order valence-corrected chi connectivity index (χ4v) is 2.57. The minimum Gasteiger partial charge on any atom is -0.298 e.